The Morgan fingerprint density at radius 3 is 2.33 bits per heavy atom. The number of halogens is 2. The molecule has 2 heterocycles. The van der Waals surface area contributed by atoms with E-state index in [-0.39, 0.29) is 35.2 Å². The minimum atomic E-state index is -0.209. The van der Waals surface area contributed by atoms with Crippen molar-refractivity contribution in [1.29, 1.82) is 0 Å². The Labute approximate surface area is 212 Å². The smallest absolute Gasteiger partial charge is 0.193 e. The summed E-state index contributed by atoms with van der Waals surface area (Å²) >= 11 is 0. The average molecular weight is 569 g/mol. The van der Waals surface area contributed by atoms with Crippen molar-refractivity contribution in [1.82, 2.24) is 10.2 Å². The monoisotopic (exact) mass is 569 g/mol. The number of guanidine groups is 1. The zero-order chi connectivity index (χ0) is 22.6. The number of hydrogen-bond donors (Lipinski definition) is 1. The van der Waals surface area contributed by atoms with Gasteiger partial charge in [-0.25, -0.2) is 4.39 Å². The first kappa shape index (κ1) is 25.6. The molecule has 2 aromatic carbocycles. The fourth-order valence-electron chi connectivity index (χ4n) is 4.78. The minimum absolute atomic E-state index is 0. The third kappa shape index (κ3) is 5.54. The van der Waals surface area contributed by atoms with Crippen molar-refractivity contribution in [3.05, 3.63) is 58.9 Å². The molecule has 180 valence electrons. The molecule has 2 aliphatic rings. The highest BCUT2D eigenvalue weighted by molar-refractivity contribution is 14.0. The Morgan fingerprint density at radius 1 is 1.09 bits per heavy atom. The zero-order valence-electron chi connectivity index (χ0n) is 19.5. The van der Waals surface area contributed by atoms with Gasteiger partial charge in [0.15, 0.2) is 17.5 Å². The standard InChI is InChI=1S/C25H32FN3O3.HI/c1-27-24(29-11-8-18-14-22(30-2)23(31-3)15-19(18)16-29)28-17-25(9-12-32-13-10-25)20-4-6-21(26)7-5-20;/h4-7,14-15H,8-13,16-17H2,1-3H3,(H,27,28);1H. The molecule has 1 saturated heterocycles. The van der Waals surface area contributed by atoms with Crippen LogP contribution in [0.1, 0.15) is 29.5 Å². The summed E-state index contributed by atoms with van der Waals surface area (Å²) in [5.74, 6) is 2.17. The number of methoxy groups -OCH3 is 2. The van der Waals surface area contributed by atoms with E-state index in [1.54, 1.807) is 26.4 Å². The Hall–Kier alpha value is -2.07. The molecule has 0 saturated carbocycles. The van der Waals surface area contributed by atoms with Crippen molar-refractivity contribution in [2.45, 2.75) is 31.2 Å². The van der Waals surface area contributed by atoms with Gasteiger partial charge >= 0.3 is 0 Å². The Balaban J connectivity index is 0.00000306. The maximum Gasteiger partial charge on any atom is 0.193 e. The van der Waals surface area contributed by atoms with E-state index in [1.807, 2.05) is 19.2 Å². The summed E-state index contributed by atoms with van der Waals surface area (Å²) < 4.78 is 30.1. The minimum Gasteiger partial charge on any atom is -0.493 e. The van der Waals surface area contributed by atoms with Crippen molar-refractivity contribution in [3.63, 3.8) is 0 Å². The molecule has 8 heteroatoms. The number of hydrogen-bond acceptors (Lipinski definition) is 4. The SMILES string of the molecule is CN=C(NCC1(c2ccc(F)cc2)CCOCC1)N1CCc2cc(OC)c(OC)cc2C1.I. The van der Waals surface area contributed by atoms with Crippen LogP contribution >= 0.6 is 24.0 Å². The summed E-state index contributed by atoms with van der Waals surface area (Å²) in [4.78, 5) is 6.84. The van der Waals surface area contributed by atoms with Crippen molar-refractivity contribution in [2.24, 2.45) is 4.99 Å². The van der Waals surface area contributed by atoms with Gasteiger partial charge in [0.25, 0.3) is 0 Å². The molecule has 1 N–H and O–H groups in total. The van der Waals surface area contributed by atoms with E-state index in [4.69, 9.17) is 14.2 Å². The molecule has 33 heavy (non-hydrogen) atoms. The van der Waals surface area contributed by atoms with Gasteiger partial charge in [-0.1, -0.05) is 12.1 Å². The van der Waals surface area contributed by atoms with E-state index in [1.165, 1.54) is 11.1 Å². The number of fused-ring (bicyclic) bond motifs is 1. The van der Waals surface area contributed by atoms with E-state index in [0.29, 0.717) is 13.2 Å². The average Bonchev–Trinajstić information content (AvgIpc) is 2.84. The van der Waals surface area contributed by atoms with Crippen molar-refractivity contribution >= 4 is 29.9 Å². The highest BCUT2D eigenvalue weighted by Gasteiger charge is 2.35. The van der Waals surface area contributed by atoms with Crippen molar-refractivity contribution < 1.29 is 18.6 Å². The topological polar surface area (TPSA) is 55.3 Å². The Bertz CT molecular complexity index is 962. The molecule has 0 atom stereocenters. The first-order valence-electron chi connectivity index (χ1n) is 11.1. The number of rotatable bonds is 5. The molecule has 0 radical (unpaired) electrons. The van der Waals surface area contributed by atoms with Gasteiger partial charge in [0, 0.05) is 45.3 Å². The van der Waals surface area contributed by atoms with Crippen LogP contribution in [0.4, 0.5) is 4.39 Å². The van der Waals surface area contributed by atoms with Gasteiger partial charge in [0.1, 0.15) is 5.82 Å². The molecule has 1 fully saturated rings. The summed E-state index contributed by atoms with van der Waals surface area (Å²) in [5.41, 5.74) is 3.54. The number of nitrogens with one attached hydrogen (secondary N) is 1. The maximum atomic E-state index is 13.5. The van der Waals surface area contributed by atoms with Crippen LogP contribution in [-0.4, -0.2) is 58.4 Å². The van der Waals surface area contributed by atoms with Crippen LogP contribution in [0.15, 0.2) is 41.4 Å². The Morgan fingerprint density at radius 2 is 1.73 bits per heavy atom. The third-order valence-corrected chi connectivity index (χ3v) is 6.72. The molecule has 0 aliphatic carbocycles. The van der Waals surface area contributed by atoms with Crippen LogP contribution in [0.3, 0.4) is 0 Å². The quantitative estimate of drug-likeness (QED) is 0.334. The van der Waals surface area contributed by atoms with Gasteiger partial charge in [-0.15, -0.1) is 24.0 Å². The molecule has 0 unspecified atom stereocenters. The van der Waals surface area contributed by atoms with Gasteiger partial charge in [-0.3, -0.25) is 4.99 Å². The molecule has 6 nitrogen and oxygen atoms in total. The van der Waals surface area contributed by atoms with Crippen LogP contribution in [0.5, 0.6) is 11.5 Å². The van der Waals surface area contributed by atoms with Crippen LogP contribution in [0.2, 0.25) is 0 Å². The van der Waals surface area contributed by atoms with Crippen molar-refractivity contribution in [2.75, 3.05) is 47.6 Å². The maximum absolute atomic E-state index is 13.5. The first-order chi connectivity index (χ1) is 15.6. The molecular weight excluding hydrogens is 536 g/mol. The molecule has 0 amide bonds. The lowest BCUT2D eigenvalue weighted by Crippen LogP contribution is -2.50. The molecule has 0 bridgehead atoms. The summed E-state index contributed by atoms with van der Waals surface area (Å²) in [6.07, 6.45) is 2.69. The molecule has 4 rings (SSSR count). The highest BCUT2D eigenvalue weighted by Crippen LogP contribution is 2.35. The largest absolute Gasteiger partial charge is 0.493 e. The molecular formula is C25H33FIN3O3. The predicted octanol–water partition coefficient (Wildman–Crippen LogP) is 4.14. The van der Waals surface area contributed by atoms with Crippen molar-refractivity contribution in [3.8, 4) is 11.5 Å². The van der Waals surface area contributed by atoms with Gasteiger partial charge in [0.05, 0.1) is 14.2 Å². The first-order valence-corrected chi connectivity index (χ1v) is 11.1. The van der Waals surface area contributed by atoms with Gasteiger partial charge < -0.3 is 24.4 Å². The lowest BCUT2D eigenvalue weighted by Gasteiger charge is -2.40. The summed E-state index contributed by atoms with van der Waals surface area (Å²) in [6, 6.07) is 11.0. The van der Waals surface area contributed by atoms with Gasteiger partial charge in [-0.05, 0) is 60.2 Å². The second kappa shape index (κ2) is 11.4. The van der Waals surface area contributed by atoms with Gasteiger partial charge in [0.2, 0.25) is 0 Å². The van der Waals surface area contributed by atoms with E-state index in [2.05, 4.69) is 27.3 Å². The lowest BCUT2D eigenvalue weighted by molar-refractivity contribution is 0.0511. The molecule has 2 aliphatic heterocycles. The summed E-state index contributed by atoms with van der Waals surface area (Å²) in [6.45, 7) is 3.76. The van der Waals surface area contributed by atoms with Crippen LogP contribution < -0.4 is 14.8 Å². The van der Waals surface area contributed by atoms with Crippen LogP contribution in [0, 0.1) is 5.82 Å². The number of nitrogens with zero attached hydrogens (tertiary/aromatic N) is 2. The second-order valence-electron chi connectivity index (χ2n) is 8.45. The fraction of sp³-hybridized carbons (Fsp3) is 0.480. The second-order valence-corrected chi connectivity index (χ2v) is 8.45. The van der Waals surface area contributed by atoms with E-state index >= 15 is 0 Å². The Kier molecular flexibility index (Phi) is 8.81. The molecule has 0 spiro atoms. The fourth-order valence-corrected chi connectivity index (χ4v) is 4.78. The van der Waals surface area contributed by atoms with Crippen LogP contribution in [-0.2, 0) is 23.1 Å². The lowest BCUT2D eigenvalue weighted by atomic mass is 9.74. The normalized spacial score (nSPS) is 17.6. The van der Waals surface area contributed by atoms with Gasteiger partial charge in [-0.2, -0.15) is 0 Å². The molecule has 0 aromatic heterocycles. The summed E-state index contributed by atoms with van der Waals surface area (Å²) in [7, 11) is 5.15. The summed E-state index contributed by atoms with van der Waals surface area (Å²) in [5, 5.41) is 3.62. The third-order valence-electron chi connectivity index (χ3n) is 6.72. The number of ether oxygens (including phenoxy) is 3. The van der Waals surface area contributed by atoms with Crippen LogP contribution in [0.25, 0.3) is 0 Å². The molecule has 2 aromatic rings. The predicted molar refractivity (Wildman–Crippen MR) is 139 cm³/mol. The number of aliphatic imine (C=N–C) groups is 1. The van der Waals surface area contributed by atoms with E-state index in [9.17, 15) is 4.39 Å². The van der Waals surface area contributed by atoms with E-state index < -0.39 is 0 Å². The zero-order valence-corrected chi connectivity index (χ0v) is 21.9. The number of benzene rings is 2. The highest BCUT2D eigenvalue weighted by atomic mass is 127. The van der Waals surface area contributed by atoms with E-state index in [0.717, 1.165) is 61.9 Å².